The van der Waals surface area contributed by atoms with Crippen LogP contribution in [0.25, 0.3) is 0 Å². The Morgan fingerprint density at radius 3 is 2.37 bits per heavy atom. The molecule has 1 aromatic carbocycles. The Morgan fingerprint density at radius 2 is 1.84 bits per heavy atom. The molecule has 1 aromatic rings. The lowest BCUT2D eigenvalue weighted by molar-refractivity contribution is 0.0459. The maximum atomic E-state index is 6.04. The molecule has 0 amide bonds. The normalized spacial score (nSPS) is 18.6. The molecule has 0 saturated carbocycles. The lowest BCUT2D eigenvalue weighted by atomic mass is 10.0. The average Bonchev–Trinajstić information content (AvgIpc) is 2.48. The first-order chi connectivity index (χ1) is 9.24. The molecule has 2 N–H and O–H groups in total. The van der Waals surface area contributed by atoms with E-state index in [1.54, 1.807) is 0 Å². The van der Waals surface area contributed by atoms with Crippen LogP contribution in [0.15, 0.2) is 24.3 Å². The highest BCUT2D eigenvalue weighted by atomic mass is 16.5. The monoisotopic (exact) mass is 262 g/mol. The Balaban J connectivity index is 1.92. The number of benzene rings is 1. The number of hydrogen-bond donors (Lipinski definition) is 1. The van der Waals surface area contributed by atoms with Gasteiger partial charge in [-0.1, -0.05) is 19.1 Å². The zero-order valence-corrected chi connectivity index (χ0v) is 12.1. The van der Waals surface area contributed by atoms with Crippen LogP contribution in [-0.2, 0) is 4.74 Å². The molecular formula is C16H26N2O. The van der Waals surface area contributed by atoms with E-state index in [4.69, 9.17) is 10.5 Å². The predicted molar refractivity (Wildman–Crippen MR) is 80.5 cm³/mol. The maximum absolute atomic E-state index is 6.04. The van der Waals surface area contributed by atoms with E-state index in [0.717, 1.165) is 39.0 Å². The van der Waals surface area contributed by atoms with E-state index in [1.807, 2.05) is 0 Å². The lowest BCUT2D eigenvalue weighted by Gasteiger charge is -2.33. The molecule has 3 nitrogen and oxygen atoms in total. The van der Waals surface area contributed by atoms with E-state index in [9.17, 15) is 0 Å². The van der Waals surface area contributed by atoms with Gasteiger partial charge in [0.1, 0.15) is 0 Å². The number of rotatable bonds is 5. The van der Waals surface area contributed by atoms with Crippen molar-refractivity contribution in [3.05, 3.63) is 29.8 Å². The first-order valence-corrected chi connectivity index (χ1v) is 7.46. The van der Waals surface area contributed by atoms with Crippen LogP contribution < -0.4 is 10.6 Å². The minimum Gasteiger partial charge on any atom is -0.378 e. The second-order valence-corrected chi connectivity index (χ2v) is 5.25. The molecular weight excluding hydrogens is 236 g/mol. The van der Waals surface area contributed by atoms with E-state index in [0.29, 0.717) is 6.10 Å². The third-order valence-electron chi connectivity index (χ3n) is 3.97. The van der Waals surface area contributed by atoms with E-state index >= 15 is 0 Å². The fraction of sp³-hybridized carbons (Fsp3) is 0.625. The van der Waals surface area contributed by atoms with Crippen LogP contribution in [0, 0.1) is 0 Å². The largest absolute Gasteiger partial charge is 0.378 e. The summed E-state index contributed by atoms with van der Waals surface area (Å²) in [5.41, 5.74) is 8.58. The van der Waals surface area contributed by atoms with Crippen molar-refractivity contribution in [2.24, 2.45) is 5.73 Å². The van der Waals surface area contributed by atoms with Crippen LogP contribution in [0.2, 0.25) is 0 Å². The zero-order valence-electron chi connectivity index (χ0n) is 12.1. The topological polar surface area (TPSA) is 38.5 Å². The van der Waals surface area contributed by atoms with Crippen molar-refractivity contribution in [3.63, 3.8) is 0 Å². The summed E-state index contributed by atoms with van der Waals surface area (Å²) in [7, 11) is 0. The van der Waals surface area contributed by atoms with Crippen molar-refractivity contribution in [2.45, 2.75) is 45.3 Å². The predicted octanol–water partition coefficient (Wildman–Crippen LogP) is 3.10. The van der Waals surface area contributed by atoms with Gasteiger partial charge in [-0.15, -0.1) is 0 Å². The Kier molecular flexibility index (Phi) is 5.23. The number of hydrogen-bond acceptors (Lipinski definition) is 3. The summed E-state index contributed by atoms with van der Waals surface area (Å²) in [4.78, 5) is 2.44. The molecule has 1 aliphatic rings. The van der Waals surface area contributed by atoms with E-state index in [-0.39, 0.29) is 6.04 Å². The van der Waals surface area contributed by atoms with Crippen molar-refractivity contribution >= 4 is 5.69 Å². The van der Waals surface area contributed by atoms with Crippen LogP contribution in [0.3, 0.4) is 0 Å². The summed E-state index contributed by atoms with van der Waals surface area (Å²) in [6.07, 6.45) is 3.70. The fourth-order valence-electron chi connectivity index (χ4n) is 2.68. The van der Waals surface area contributed by atoms with Gasteiger partial charge in [0.15, 0.2) is 0 Å². The Labute approximate surface area is 116 Å². The third-order valence-corrected chi connectivity index (χ3v) is 3.97. The molecule has 1 saturated heterocycles. The molecule has 106 valence electrons. The van der Waals surface area contributed by atoms with Crippen LogP contribution in [0.5, 0.6) is 0 Å². The number of nitrogens with two attached hydrogens (primary N) is 1. The van der Waals surface area contributed by atoms with Crippen molar-refractivity contribution in [2.75, 3.05) is 24.6 Å². The molecule has 3 heteroatoms. The van der Waals surface area contributed by atoms with Crippen molar-refractivity contribution in [3.8, 4) is 0 Å². The molecule has 0 unspecified atom stereocenters. The summed E-state index contributed by atoms with van der Waals surface area (Å²) >= 11 is 0. The van der Waals surface area contributed by atoms with Crippen LogP contribution >= 0.6 is 0 Å². The molecule has 1 heterocycles. The number of anilines is 1. The van der Waals surface area contributed by atoms with Crippen LogP contribution in [-0.4, -0.2) is 25.8 Å². The molecule has 0 aliphatic carbocycles. The number of nitrogens with zero attached hydrogens (tertiary/aromatic N) is 1. The summed E-state index contributed by atoms with van der Waals surface area (Å²) in [6, 6.07) is 8.89. The van der Waals surface area contributed by atoms with Gasteiger partial charge in [0, 0.05) is 31.4 Å². The lowest BCUT2D eigenvalue weighted by Crippen LogP contribution is -2.37. The third kappa shape index (κ3) is 3.71. The number of ether oxygens (including phenoxy) is 1. The molecule has 1 fully saturated rings. The fourth-order valence-corrected chi connectivity index (χ4v) is 2.68. The molecule has 2 rings (SSSR count). The number of piperidine rings is 1. The van der Waals surface area contributed by atoms with Gasteiger partial charge in [0.05, 0.1) is 6.10 Å². The molecule has 0 spiro atoms. The van der Waals surface area contributed by atoms with Crippen LogP contribution in [0.4, 0.5) is 5.69 Å². The van der Waals surface area contributed by atoms with E-state index in [2.05, 4.69) is 43.0 Å². The summed E-state index contributed by atoms with van der Waals surface area (Å²) in [5.74, 6) is 0. The van der Waals surface area contributed by atoms with Crippen molar-refractivity contribution in [1.82, 2.24) is 0 Å². The highest BCUT2D eigenvalue weighted by Gasteiger charge is 2.19. The highest BCUT2D eigenvalue weighted by Crippen LogP contribution is 2.23. The van der Waals surface area contributed by atoms with Crippen molar-refractivity contribution < 1.29 is 4.74 Å². The minimum absolute atomic E-state index is 0.165. The average molecular weight is 262 g/mol. The van der Waals surface area contributed by atoms with Gasteiger partial charge in [-0.3, -0.25) is 0 Å². The van der Waals surface area contributed by atoms with Gasteiger partial charge >= 0.3 is 0 Å². The van der Waals surface area contributed by atoms with Crippen molar-refractivity contribution in [1.29, 1.82) is 0 Å². The van der Waals surface area contributed by atoms with Gasteiger partial charge in [0.25, 0.3) is 0 Å². The summed E-state index contributed by atoms with van der Waals surface area (Å²) < 4.78 is 5.69. The Bertz CT molecular complexity index is 369. The van der Waals surface area contributed by atoms with E-state index in [1.165, 1.54) is 11.3 Å². The highest BCUT2D eigenvalue weighted by molar-refractivity contribution is 5.48. The molecule has 0 radical (unpaired) electrons. The van der Waals surface area contributed by atoms with Crippen LogP contribution in [0.1, 0.15) is 44.7 Å². The summed E-state index contributed by atoms with van der Waals surface area (Å²) in [5, 5.41) is 0. The first-order valence-electron chi connectivity index (χ1n) is 7.46. The quantitative estimate of drug-likeness (QED) is 0.886. The second kappa shape index (κ2) is 6.92. The maximum Gasteiger partial charge on any atom is 0.0608 e. The standard InChI is InChI=1S/C16H26N2O/c1-3-16(17)13-5-7-14(8-6-13)18-11-9-15(10-12-18)19-4-2/h5-8,15-16H,3-4,9-12,17H2,1-2H3/t16-/m1/s1. The zero-order chi connectivity index (χ0) is 13.7. The molecule has 19 heavy (non-hydrogen) atoms. The van der Waals surface area contributed by atoms with Gasteiger partial charge < -0.3 is 15.4 Å². The smallest absolute Gasteiger partial charge is 0.0608 e. The Morgan fingerprint density at radius 1 is 1.21 bits per heavy atom. The second-order valence-electron chi connectivity index (χ2n) is 5.25. The van der Waals surface area contributed by atoms with E-state index < -0.39 is 0 Å². The minimum atomic E-state index is 0.165. The molecule has 0 aromatic heterocycles. The SMILES string of the molecule is CCOC1CCN(c2ccc([C@H](N)CC)cc2)CC1. The Hall–Kier alpha value is -1.06. The summed E-state index contributed by atoms with van der Waals surface area (Å²) in [6.45, 7) is 7.20. The van der Waals surface area contributed by atoms with Gasteiger partial charge in [-0.25, -0.2) is 0 Å². The molecule has 1 aliphatic heterocycles. The van der Waals surface area contributed by atoms with Gasteiger partial charge in [0.2, 0.25) is 0 Å². The van der Waals surface area contributed by atoms with Gasteiger partial charge in [-0.2, -0.15) is 0 Å². The first kappa shape index (κ1) is 14.4. The molecule has 1 atom stereocenters. The van der Waals surface area contributed by atoms with Gasteiger partial charge in [-0.05, 0) is 43.9 Å². The molecule has 0 bridgehead atoms.